The highest BCUT2D eigenvalue weighted by Gasteiger charge is 2.41. The van der Waals surface area contributed by atoms with E-state index in [1.54, 1.807) is 12.1 Å². The SMILES string of the molecule is FCCCCCCC1CCC(c2ccc(C(F)C(F)(F)F)cc2)CC1. The second kappa shape index (κ2) is 9.54. The van der Waals surface area contributed by atoms with Gasteiger partial charge in [0, 0.05) is 0 Å². The lowest BCUT2D eigenvalue weighted by Crippen LogP contribution is -2.17. The highest BCUT2D eigenvalue weighted by atomic mass is 19.4. The lowest BCUT2D eigenvalue weighted by molar-refractivity contribution is -0.182. The first-order valence-electron chi connectivity index (χ1n) is 9.28. The van der Waals surface area contributed by atoms with Crippen LogP contribution in [0.1, 0.15) is 81.0 Å². The summed E-state index contributed by atoms with van der Waals surface area (Å²) in [6.07, 6.45) is 1.63. The van der Waals surface area contributed by atoms with E-state index in [0.29, 0.717) is 18.3 Å². The Morgan fingerprint density at radius 1 is 0.880 bits per heavy atom. The maximum Gasteiger partial charge on any atom is 0.423 e. The van der Waals surface area contributed by atoms with Crippen molar-refractivity contribution in [3.63, 3.8) is 0 Å². The maximum atomic E-state index is 13.3. The zero-order valence-electron chi connectivity index (χ0n) is 14.5. The van der Waals surface area contributed by atoms with Crippen molar-refractivity contribution in [1.82, 2.24) is 0 Å². The van der Waals surface area contributed by atoms with Gasteiger partial charge in [0.15, 0.2) is 0 Å². The fraction of sp³-hybridized carbons (Fsp3) is 0.700. The molecule has 0 nitrogen and oxygen atoms in total. The van der Waals surface area contributed by atoms with Gasteiger partial charge in [-0.05, 0) is 55.1 Å². The Balaban J connectivity index is 1.77. The monoisotopic (exact) mass is 362 g/mol. The van der Waals surface area contributed by atoms with Crippen LogP contribution in [0.5, 0.6) is 0 Å². The summed E-state index contributed by atoms with van der Waals surface area (Å²) in [5.41, 5.74) is 0.692. The molecule has 0 aliphatic heterocycles. The van der Waals surface area contributed by atoms with Crippen molar-refractivity contribution in [3.8, 4) is 0 Å². The van der Waals surface area contributed by atoms with E-state index in [-0.39, 0.29) is 12.2 Å². The van der Waals surface area contributed by atoms with E-state index in [0.717, 1.165) is 50.5 Å². The highest BCUT2D eigenvalue weighted by Crippen LogP contribution is 2.40. The molecule has 0 N–H and O–H groups in total. The molecule has 2 rings (SSSR count). The van der Waals surface area contributed by atoms with Crippen LogP contribution in [0, 0.1) is 5.92 Å². The van der Waals surface area contributed by atoms with Gasteiger partial charge in [0.1, 0.15) is 0 Å². The molecule has 0 spiro atoms. The largest absolute Gasteiger partial charge is 0.423 e. The fourth-order valence-corrected chi connectivity index (χ4v) is 3.79. The zero-order valence-corrected chi connectivity index (χ0v) is 14.5. The second-order valence-electron chi connectivity index (χ2n) is 7.18. The molecule has 1 aromatic rings. The molecule has 0 amide bonds. The molecule has 1 atom stereocenters. The van der Waals surface area contributed by atoms with Gasteiger partial charge in [-0.25, -0.2) is 4.39 Å². The molecular weight excluding hydrogens is 335 g/mol. The van der Waals surface area contributed by atoms with Crippen molar-refractivity contribution in [2.75, 3.05) is 6.67 Å². The number of unbranched alkanes of at least 4 members (excludes halogenated alkanes) is 3. The fourth-order valence-electron chi connectivity index (χ4n) is 3.79. The zero-order chi connectivity index (χ0) is 18.3. The molecule has 1 aliphatic carbocycles. The topological polar surface area (TPSA) is 0 Å². The van der Waals surface area contributed by atoms with Crippen LogP contribution < -0.4 is 0 Å². The molecule has 0 bridgehead atoms. The number of hydrogen-bond donors (Lipinski definition) is 0. The van der Waals surface area contributed by atoms with Crippen molar-refractivity contribution in [2.24, 2.45) is 5.92 Å². The lowest BCUT2D eigenvalue weighted by Gasteiger charge is -2.29. The molecule has 25 heavy (non-hydrogen) atoms. The third-order valence-corrected chi connectivity index (χ3v) is 5.33. The van der Waals surface area contributed by atoms with E-state index < -0.39 is 12.3 Å². The van der Waals surface area contributed by atoms with Crippen LogP contribution in [-0.2, 0) is 0 Å². The predicted molar refractivity (Wildman–Crippen MR) is 90.1 cm³/mol. The van der Waals surface area contributed by atoms with Crippen molar-refractivity contribution in [3.05, 3.63) is 35.4 Å². The van der Waals surface area contributed by atoms with Crippen LogP contribution in [0.2, 0.25) is 0 Å². The summed E-state index contributed by atoms with van der Waals surface area (Å²) in [4.78, 5) is 0. The minimum Gasteiger partial charge on any atom is -0.251 e. The summed E-state index contributed by atoms with van der Waals surface area (Å²) in [5.74, 6) is 1.07. The smallest absolute Gasteiger partial charge is 0.251 e. The van der Waals surface area contributed by atoms with Crippen molar-refractivity contribution < 1.29 is 22.0 Å². The number of hydrogen-bond acceptors (Lipinski definition) is 0. The van der Waals surface area contributed by atoms with Gasteiger partial charge in [0.2, 0.25) is 6.17 Å². The summed E-state index contributed by atoms with van der Waals surface area (Å²) in [7, 11) is 0. The van der Waals surface area contributed by atoms with E-state index in [1.165, 1.54) is 18.6 Å². The first-order chi connectivity index (χ1) is 11.9. The van der Waals surface area contributed by atoms with Gasteiger partial charge in [-0.15, -0.1) is 0 Å². The van der Waals surface area contributed by atoms with Crippen LogP contribution in [0.25, 0.3) is 0 Å². The van der Waals surface area contributed by atoms with Gasteiger partial charge in [-0.3, -0.25) is 4.39 Å². The van der Waals surface area contributed by atoms with E-state index in [4.69, 9.17) is 0 Å². The minimum atomic E-state index is -4.84. The van der Waals surface area contributed by atoms with Gasteiger partial charge in [-0.1, -0.05) is 49.9 Å². The van der Waals surface area contributed by atoms with Crippen molar-refractivity contribution in [2.45, 2.75) is 76.1 Å². The molecule has 0 aromatic heterocycles. The standard InChI is InChI=1S/C20H27F5/c21-14-4-2-1-3-5-15-6-8-16(9-7-15)17-10-12-18(13-11-17)19(22)20(23,24)25/h10-13,15-16,19H,1-9,14H2. The van der Waals surface area contributed by atoms with Gasteiger partial charge in [0.25, 0.3) is 0 Å². The van der Waals surface area contributed by atoms with E-state index in [2.05, 4.69) is 0 Å². The van der Waals surface area contributed by atoms with Gasteiger partial charge >= 0.3 is 6.18 Å². The summed E-state index contributed by atoms with van der Waals surface area (Å²) in [6, 6.07) is 5.83. The number of alkyl halides is 5. The third kappa shape index (κ3) is 6.27. The minimum absolute atomic E-state index is 0.226. The quantitative estimate of drug-likeness (QED) is 0.333. The van der Waals surface area contributed by atoms with Crippen LogP contribution in [-0.4, -0.2) is 12.9 Å². The van der Waals surface area contributed by atoms with Crippen LogP contribution in [0.4, 0.5) is 22.0 Å². The van der Waals surface area contributed by atoms with Crippen LogP contribution in [0.3, 0.4) is 0 Å². The molecule has 1 saturated carbocycles. The summed E-state index contributed by atoms with van der Waals surface area (Å²) in [5, 5.41) is 0. The highest BCUT2D eigenvalue weighted by molar-refractivity contribution is 5.27. The Bertz CT molecular complexity index is 486. The Morgan fingerprint density at radius 3 is 2.04 bits per heavy atom. The summed E-state index contributed by atoms with van der Waals surface area (Å²) >= 11 is 0. The Kier molecular flexibility index (Phi) is 7.70. The normalized spacial score (nSPS) is 22.8. The molecule has 0 saturated heterocycles. The Labute approximate surface area is 146 Å². The second-order valence-corrected chi connectivity index (χ2v) is 7.18. The summed E-state index contributed by atoms with van der Waals surface area (Å²) < 4.78 is 62.6. The first kappa shape index (κ1) is 20.2. The number of benzene rings is 1. The van der Waals surface area contributed by atoms with Gasteiger partial charge < -0.3 is 0 Å². The lowest BCUT2D eigenvalue weighted by atomic mass is 9.77. The molecule has 0 radical (unpaired) electrons. The summed E-state index contributed by atoms with van der Waals surface area (Å²) in [6.45, 7) is -0.226. The van der Waals surface area contributed by atoms with Gasteiger partial charge in [-0.2, -0.15) is 13.2 Å². The average molecular weight is 362 g/mol. The molecule has 1 fully saturated rings. The Hall–Kier alpha value is -1.13. The third-order valence-electron chi connectivity index (χ3n) is 5.33. The van der Waals surface area contributed by atoms with E-state index in [1.807, 2.05) is 0 Å². The first-order valence-corrected chi connectivity index (χ1v) is 9.28. The van der Waals surface area contributed by atoms with E-state index >= 15 is 0 Å². The molecule has 142 valence electrons. The molecule has 1 unspecified atom stereocenters. The molecule has 1 aromatic carbocycles. The molecule has 5 heteroatoms. The van der Waals surface area contributed by atoms with E-state index in [9.17, 15) is 22.0 Å². The molecular formula is C20H27F5. The van der Waals surface area contributed by atoms with Gasteiger partial charge in [0.05, 0.1) is 6.67 Å². The molecule has 1 aliphatic rings. The average Bonchev–Trinajstić information content (AvgIpc) is 2.61. The maximum absolute atomic E-state index is 13.3. The number of halogens is 5. The van der Waals surface area contributed by atoms with Crippen molar-refractivity contribution in [1.29, 1.82) is 0 Å². The predicted octanol–water partition coefficient (Wildman–Crippen LogP) is 7.45. The van der Waals surface area contributed by atoms with Crippen LogP contribution >= 0.6 is 0 Å². The number of rotatable bonds is 8. The van der Waals surface area contributed by atoms with Crippen molar-refractivity contribution >= 4 is 0 Å². The molecule has 0 heterocycles. The van der Waals surface area contributed by atoms with Crippen LogP contribution in [0.15, 0.2) is 24.3 Å². The Morgan fingerprint density at radius 2 is 1.48 bits per heavy atom.